The molecule has 0 aromatic heterocycles. The molecule has 2 fully saturated rings. The second kappa shape index (κ2) is 15.5. The van der Waals surface area contributed by atoms with E-state index in [4.69, 9.17) is 18.9 Å². The molecule has 3 unspecified atom stereocenters. The zero-order valence-electron chi connectivity index (χ0n) is 31.0. The zero-order chi connectivity index (χ0) is 37.3. The fraction of sp³-hybridized carbons (Fsp3) is 0.419. The lowest BCUT2D eigenvalue weighted by Crippen LogP contribution is -2.41. The van der Waals surface area contributed by atoms with Gasteiger partial charge in [-0.05, 0) is 72.4 Å². The van der Waals surface area contributed by atoms with E-state index in [2.05, 4.69) is 66.1 Å². The summed E-state index contributed by atoms with van der Waals surface area (Å²) in [7, 11) is 3.26. The molecule has 10 nitrogen and oxygen atoms in total. The highest BCUT2D eigenvalue weighted by molar-refractivity contribution is 7.79. The number of nitrogens with zero attached hydrogens (tertiary/aromatic N) is 3. The Balaban J connectivity index is 0.945. The molecule has 2 saturated heterocycles. The van der Waals surface area contributed by atoms with Crippen LogP contribution < -0.4 is 10.2 Å². The van der Waals surface area contributed by atoms with Crippen LogP contribution in [0.25, 0.3) is 0 Å². The predicted octanol–water partition coefficient (Wildman–Crippen LogP) is 6.65. The van der Waals surface area contributed by atoms with Crippen molar-refractivity contribution in [2.45, 2.75) is 76.0 Å². The van der Waals surface area contributed by atoms with Crippen molar-refractivity contribution in [3.8, 4) is 0 Å². The Morgan fingerprint density at radius 2 is 1.70 bits per heavy atom. The number of likely N-dealkylation sites (tertiary alicyclic amines) is 1. The van der Waals surface area contributed by atoms with Crippen molar-refractivity contribution in [2.24, 2.45) is 16.8 Å². The molecule has 3 aliphatic heterocycles. The molecule has 1 N–H and O–H groups in total. The van der Waals surface area contributed by atoms with Crippen LogP contribution in [-0.4, -0.2) is 62.8 Å². The number of hydrogen-bond acceptors (Lipinski definition) is 9. The van der Waals surface area contributed by atoms with E-state index < -0.39 is 0 Å². The van der Waals surface area contributed by atoms with Gasteiger partial charge in [0.1, 0.15) is 30.5 Å². The average Bonchev–Trinajstić information content (AvgIpc) is 3.78. The second-order valence-electron chi connectivity index (χ2n) is 14.8. The van der Waals surface area contributed by atoms with Crippen LogP contribution in [0.5, 0.6) is 0 Å². The van der Waals surface area contributed by atoms with Crippen LogP contribution in [0.1, 0.15) is 60.8 Å². The number of benzene rings is 2. The molecule has 0 bridgehead atoms. The van der Waals surface area contributed by atoms with Crippen LogP contribution in [0.15, 0.2) is 106 Å². The molecule has 0 spiro atoms. The number of carbonyl (C=O) groups is 2. The molecule has 2 aromatic rings. The van der Waals surface area contributed by atoms with Crippen molar-refractivity contribution in [1.82, 2.24) is 10.2 Å². The van der Waals surface area contributed by atoms with Crippen molar-refractivity contribution in [2.75, 3.05) is 32.2 Å². The normalized spacial score (nSPS) is 24.6. The van der Waals surface area contributed by atoms with Crippen molar-refractivity contribution in [3.05, 3.63) is 123 Å². The molecule has 8 rings (SSSR count). The number of anilines is 1. The number of nitrogens with one attached hydrogen (secondary N) is 1. The molecule has 0 saturated carbocycles. The maximum absolute atomic E-state index is 13.9. The zero-order valence-corrected chi connectivity index (χ0v) is 31.9. The van der Waals surface area contributed by atoms with Gasteiger partial charge in [-0.3, -0.25) is 14.6 Å². The van der Waals surface area contributed by atoms with E-state index in [1.807, 2.05) is 34.1 Å². The fourth-order valence-electron chi connectivity index (χ4n) is 8.86. The first-order valence-corrected chi connectivity index (χ1v) is 19.6. The van der Waals surface area contributed by atoms with E-state index in [9.17, 15) is 9.59 Å². The Bertz CT molecular complexity index is 2020. The van der Waals surface area contributed by atoms with E-state index in [0.717, 1.165) is 59.5 Å². The average molecular weight is 749 g/mol. The molecule has 11 heteroatoms. The minimum atomic E-state index is -0.366. The molecule has 282 valence electrons. The smallest absolute Gasteiger partial charge is 0.236 e. The van der Waals surface area contributed by atoms with Gasteiger partial charge in [0.25, 0.3) is 0 Å². The van der Waals surface area contributed by atoms with Gasteiger partial charge in [0.05, 0.1) is 38.1 Å². The maximum atomic E-state index is 13.9. The van der Waals surface area contributed by atoms with Gasteiger partial charge in [0.2, 0.25) is 11.8 Å². The van der Waals surface area contributed by atoms with E-state index in [1.165, 1.54) is 11.1 Å². The third-order valence-corrected chi connectivity index (χ3v) is 11.9. The highest BCUT2D eigenvalue weighted by Crippen LogP contribution is 2.41. The first-order valence-electron chi connectivity index (χ1n) is 18.9. The van der Waals surface area contributed by atoms with Crippen LogP contribution >= 0.6 is 12.6 Å². The maximum Gasteiger partial charge on any atom is 0.236 e. The number of para-hydroxylation sites is 1. The van der Waals surface area contributed by atoms with Crippen LogP contribution in [-0.2, 0) is 53.9 Å². The topological polar surface area (TPSA) is 102 Å². The third kappa shape index (κ3) is 6.83. The Labute approximate surface area is 322 Å². The highest BCUT2D eigenvalue weighted by Gasteiger charge is 2.44. The summed E-state index contributed by atoms with van der Waals surface area (Å²) in [6, 6.07) is 14.2. The van der Waals surface area contributed by atoms with Gasteiger partial charge in [0, 0.05) is 61.3 Å². The molecular weight excluding hydrogens is 701 g/mol. The Morgan fingerprint density at radius 3 is 2.48 bits per heavy atom. The van der Waals surface area contributed by atoms with E-state index in [1.54, 1.807) is 14.2 Å². The lowest BCUT2D eigenvalue weighted by molar-refractivity contribution is -0.134. The minimum absolute atomic E-state index is 0.0730. The summed E-state index contributed by atoms with van der Waals surface area (Å²) < 4.78 is 24.5. The number of ether oxygens (including phenoxy) is 4. The van der Waals surface area contributed by atoms with Gasteiger partial charge in [-0.25, -0.2) is 0 Å². The SMILES string of the molecule is C=NC1CC(OCc2cc(CS)cc(COC3=C(OC)CC4C(=O)N5c6ccccc6C[C@H]5CNC4=C3)c2)=C(OC)CC1C(=O)N1CCC2=CCCC=C21. The van der Waals surface area contributed by atoms with Crippen LogP contribution in [0.4, 0.5) is 5.69 Å². The van der Waals surface area contributed by atoms with Crippen molar-refractivity contribution < 1.29 is 28.5 Å². The Hall–Kier alpha value is -4.90. The largest absolute Gasteiger partial charge is 0.498 e. The molecule has 3 aliphatic carbocycles. The summed E-state index contributed by atoms with van der Waals surface area (Å²) in [4.78, 5) is 36.1. The van der Waals surface area contributed by atoms with E-state index in [0.29, 0.717) is 74.4 Å². The van der Waals surface area contributed by atoms with Gasteiger partial charge in [-0.2, -0.15) is 12.6 Å². The summed E-state index contributed by atoms with van der Waals surface area (Å²) in [5, 5.41) is 3.57. The second-order valence-corrected chi connectivity index (χ2v) is 15.1. The summed E-state index contributed by atoms with van der Waals surface area (Å²) >= 11 is 4.58. The van der Waals surface area contributed by atoms with Gasteiger partial charge >= 0.3 is 0 Å². The molecule has 2 amide bonds. The Morgan fingerprint density at radius 1 is 0.944 bits per heavy atom. The van der Waals surface area contributed by atoms with E-state index >= 15 is 0 Å². The number of hydrogen-bond donors (Lipinski definition) is 2. The molecule has 4 atom stereocenters. The number of allylic oxidation sites excluding steroid dienone is 6. The van der Waals surface area contributed by atoms with Crippen molar-refractivity contribution in [3.63, 3.8) is 0 Å². The third-order valence-electron chi connectivity index (χ3n) is 11.6. The predicted molar refractivity (Wildman–Crippen MR) is 210 cm³/mol. The van der Waals surface area contributed by atoms with Crippen LogP contribution in [0.2, 0.25) is 0 Å². The molecule has 54 heavy (non-hydrogen) atoms. The van der Waals surface area contributed by atoms with Crippen molar-refractivity contribution in [1.29, 1.82) is 0 Å². The summed E-state index contributed by atoms with van der Waals surface area (Å²) in [6.07, 6.45) is 11.4. The van der Waals surface area contributed by atoms with Gasteiger partial charge in [0.15, 0.2) is 5.76 Å². The summed E-state index contributed by atoms with van der Waals surface area (Å²) in [6.45, 7) is 5.83. The first kappa shape index (κ1) is 36.1. The molecule has 0 radical (unpaired) electrons. The van der Waals surface area contributed by atoms with Gasteiger partial charge < -0.3 is 34.1 Å². The lowest BCUT2D eigenvalue weighted by atomic mass is 9.85. The van der Waals surface area contributed by atoms with Gasteiger partial charge in [-0.1, -0.05) is 42.5 Å². The fourth-order valence-corrected chi connectivity index (χ4v) is 9.04. The molecule has 3 heterocycles. The minimum Gasteiger partial charge on any atom is -0.498 e. The standard InChI is InChI=1S/C43H48N4O6S/c1-44-34-20-40(38(50-2)18-32(34)42(48)46-13-12-29-8-4-6-10-36(29)46)52-23-26-14-27(16-28(15-26)25-54)24-53-41-21-35-33(19-39(41)51-3)43(49)47-31(22-45-35)17-30-9-5-7-11-37(30)47/h5,7-11,14-16,21,31-34,45,54H,1,4,6,12-13,17-20,22-25H2,2-3H3/t31-,32?,33?,34?/m0/s1. The van der Waals surface area contributed by atoms with Gasteiger partial charge in [-0.15, -0.1) is 0 Å². The summed E-state index contributed by atoms with van der Waals surface area (Å²) in [5.41, 5.74) is 8.37. The first-order chi connectivity index (χ1) is 26.4. The highest BCUT2D eigenvalue weighted by atomic mass is 32.1. The number of aliphatic imine (C=N–C) groups is 1. The molecular formula is C43H48N4O6S. The quantitative estimate of drug-likeness (QED) is 0.196. The Kier molecular flexibility index (Phi) is 10.3. The number of thiol groups is 1. The molecule has 6 aliphatic rings. The number of rotatable bonds is 11. The lowest BCUT2D eigenvalue weighted by Gasteiger charge is -2.33. The number of amides is 2. The summed E-state index contributed by atoms with van der Waals surface area (Å²) in [5.74, 6) is 2.62. The van der Waals surface area contributed by atoms with E-state index in [-0.39, 0.29) is 35.7 Å². The van der Waals surface area contributed by atoms with Crippen LogP contribution in [0.3, 0.4) is 0 Å². The monoisotopic (exact) mass is 748 g/mol. The number of methoxy groups -OCH3 is 2. The van der Waals surface area contributed by atoms with Crippen molar-refractivity contribution >= 4 is 36.8 Å². The number of fused-ring (bicyclic) bond motifs is 5. The van der Waals surface area contributed by atoms with Crippen LogP contribution in [0, 0.1) is 11.8 Å². The molecule has 2 aromatic carbocycles. The number of carbonyl (C=O) groups excluding carboxylic acids is 2.